The number of aliphatic carboxylic acids is 1. The Morgan fingerprint density at radius 3 is 2.30 bits per heavy atom. The van der Waals surface area contributed by atoms with E-state index in [2.05, 4.69) is 21.2 Å². The van der Waals surface area contributed by atoms with Crippen molar-refractivity contribution >= 4 is 27.6 Å². The van der Waals surface area contributed by atoms with Crippen LogP contribution in [-0.4, -0.2) is 11.1 Å². The fourth-order valence-electron chi connectivity index (χ4n) is 2.19. The molecule has 0 fully saturated rings. The van der Waals surface area contributed by atoms with E-state index >= 15 is 0 Å². The monoisotopic (exact) mass is 333 g/mol. The van der Waals surface area contributed by atoms with Crippen LogP contribution in [0.15, 0.2) is 53.0 Å². The Morgan fingerprint density at radius 1 is 1.15 bits per heavy atom. The average Bonchev–Trinajstić information content (AvgIpc) is 2.41. The zero-order valence-electron chi connectivity index (χ0n) is 11.4. The van der Waals surface area contributed by atoms with Gasteiger partial charge in [0, 0.05) is 10.2 Å². The van der Waals surface area contributed by atoms with Crippen LogP contribution in [0, 0.1) is 6.92 Å². The van der Waals surface area contributed by atoms with Crippen molar-refractivity contribution in [1.29, 1.82) is 0 Å². The Balaban J connectivity index is 2.43. The molecule has 1 unspecified atom stereocenters. The van der Waals surface area contributed by atoms with Crippen LogP contribution in [0.25, 0.3) is 0 Å². The van der Waals surface area contributed by atoms with E-state index in [0.29, 0.717) is 0 Å². The molecule has 2 N–H and O–H groups in total. The van der Waals surface area contributed by atoms with Crippen molar-refractivity contribution in [2.75, 3.05) is 5.32 Å². The molecule has 1 atom stereocenters. The number of carboxylic acid groups (broad SMARTS) is 1. The van der Waals surface area contributed by atoms with Crippen LogP contribution >= 0.6 is 15.9 Å². The number of benzene rings is 2. The van der Waals surface area contributed by atoms with E-state index in [1.165, 1.54) is 0 Å². The van der Waals surface area contributed by atoms with Gasteiger partial charge in [-0.2, -0.15) is 0 Å². The van der Waals surface area contributed by atoms with Crippen molar-refractivity contribution in [1.82, 2.24) is 0 Å². The lowest BCUT2D eigenvalue weighted by Gasteiger charge is -2.29. The van der Waals surface area contributed by atoms with Gasteiger partial charge in [-0.1, -0.05) is 40.2 Å². The van der Waals surface area contributed by atoms with Crippen molar-refractivity contribution in [3.05, 3.63) is 64.1 Å². The fraction of sp³-hybridized carbons (Fsp3) is 0.188. The van der Waals surface area contributed by atoms with E-state index < -0.39 is 11.5 Å². The molecule has 0 heterocycles. The number of carboxylic acids is 1. The first-order valence-electron chi connectivity index (χ1n) is 6.27. The van der Waals surface area contributed by atoms with E-state index in [4.69, 9.17) is 0 Å². The zero-order chi connectivity index (χ0) is 14.8. The van der Waals surface area contributed by atoms with Gasteiger partial charge in [0.25, 0.3) is 0 Å². The maximum Gasteiger partial charge on any atom is 0.333 e. The summed E-state index contributed by atoms with van der Waals surface area (Å²) >= 11 is 3.37. The summed E-state index contributed by atoms with van der Waals surface area (Å²) in [4.78, 5) is 11.8. The molecule has 2 aromatic rings. The molecule has 0 saturated heterocycles. The predicted octanol–water partition coefficient (Wildman–Crippen LogP) is 4.17. The standard InChI is InChI=1S/C16H16BrNO2/c1-11-5-3-4-6-14(11)16(2,15(19)20)18-13-9-7-12(17)8-10-13/h3-10,18H,1-2H3,(H,19,20). The SMILES string of the molecule is Cc1ccccc1C(C)(Nc1ccc(Br)cc1)C(=O)O. The molecule has 0 aromatic heterocycles. The van der Waals surface area contributed by atoms with Gasteiger partial charge in [0.15, 0.2) is 5.54 Å². The quantitative estimate of drug-likeness (QED) is 0.882. The summed E-state index contributed by atoms with van der Waals surface area (Å²) in [6, 6.07) is 15.0. The molecule has 20 heavy (non-hydrogen) atoms. The molecule has 2 rings (SSSR count). The van der Waals surface area contributed by atoms with E-state index in [1.807, 2.05) is 55.5 Å². The summed E-state index contributed by atoms with van der Waals surface area (Å²) in [5.74, 6) is -0.908. The van der Waals surface area contributed by atoms with Gasteiger partial charge in [-0.3, -0.25) is 0 Å². The Labute approximate surface area is 126 Å². The van der Waals surface area contributed by atoms with Gasteiger partial charge < -0.3 is 10.4 Å². The Kier molecular flexibility index (Phi) is 4.14. The van der Waals surface area contributed by atoms with Gasteiger partial charge >= 0.3 is 5.97 Å². The summed E-state index contributed by atoms with van der Waals surface area (Å²) in [5.41, 5.74) is 1.30. The molecule has 0 spiro atoms. The van der Waals surface area contributed by atoms with Crippen LogP contribution in [0.3, 0.4) is 0 Å². The third kappa shape index (κ3) is 2.85. The highest BCUT2D eigenvalue weighted by molar-refractivity contribution is 9.10. The summed E-state index contributed by atoms with van der Waals surface area (Å²) in [6.07, 6.45) is 0. The largest absolute Gasteiger partial charge is 0.479 e. The molecule has 3 nitrogen and oxygen atoms in total. The number of halogens is 1. The molecular formula is C16H16BrNO2. The molecule has 0 bridgehead atoms. The molecule has 0 aliphatic rings. The first-order chi connectivity index (χ1) is 9.43. The highest BCUT2D eigenvalue weighted by Gasteiger charge is 2.36. The number of hydrogen-bond acceptors (Lipinski definition) is 2. The van der Waals surface area contributed by atoms with Gasteiger partial charge in [0.1, 0.15) is 0 Å². The molecule has 0 amide bonds. The zero-order valence-corrected chi connectivity index (χ0v) is 12.9. The second-order valence-corrected chi connectivity index (χ2v) is 5.79. The first kappa shape index (κ1) is 14.6. The van der Waals surface area contributed by atoms with Gasteiger partial charge in [-0.05, 0) is 49.2 Å². The van der Waals surface area contributed by atoms with Crippen molar-refractivity contribution < 1.29 is 9.90 Å². The van der Waals surface area contributed by atoms with E-state index in [-0.39, 0.29) is 0 Å². The number of rotatable bonds is 4. The minimum Gasteiger partial charge on any atom is -0.479 e. The van der Waals surface area contributed by atoms with Crippen LogP contribution in [0.5, 0.6) is 0 Å². The van der Waals surface area contributed by atoms with E-state index in [1.54, 1.807) is 6.92 Å². The van der Waals surface area contributed by atoms with Crippen LogP contribution in [0.2, 0.25) is 0 Å². The first-order valence-corrected chi connectivity index (χ1v) is 7.06. The number of anilines is 1. The third-order valence-electron chi connectivity index (χ3n) is 3.35. The molecule has 4 heteroatoms. The third-order valence-corrected chi connectivity index (χ3v) is 3.88. The summed E-state index contributed by atoms with van der Waals surface area (Å²) in [7, 11) is 0. The van der Waals surface area contributed by atoms with Crippen LogP contribution in [0.4, 0.5) is 5.69 Å². The lowest BCUT2D eigenvalue weighted by atomic mass is 9.88. The molecule has 0 aliphatic heterocycles. The minimum absolute atomic E-state index is 0.760. The van der Waals surface area contributed by atoms with Crippen molar-refractivity contribution in [2.45, 2.75) is 19.4 Å². The fourth-order valence-corrected chi connectivity index (χ4v) is 2.46. The molecule has 0 radical (unpaired) electrons. The molecular weight excluding hydrogens is 318 g/mol. The molecule has 2 aromatic carbocycles. The minimum atomic E-state index is -1.17. The normalized spacial score (nSPS) is 13.6. The average molecular weight is 334 g/mol. The summed E-state index contributed by atoms with van der Waals surface area (Å²) in [5, 5.41) is 12.8. The Hall–Kier alpha value is -1.81. The molecule has 0 saturated carbocycles. The lowest BCUT2D eigenvalue weighted by Crippen LogP contribution is -2.41. The number of hydrogen-bond donors (Lipinski definition) is 2. The number of carbonyl (C=O) groups is 1. The smallest absolute Gasteiger partial charge is 0.333 e. The van der Waals surface area contributed by atoms with Gasteiger partial charge in [-0.25, -0.2) is 4.79 Å². The van der Waals surface area contributed by atoms with E-state index in [9.17, 15) is 9.90 Å². The van der Waals surface area contributed by atoms with Crippen LogP contribution < -0.4 is 5.32 Å². The van der Waals surface area contributed by atoms with Gasteiger partial charge in [0.05, 0.1) is 0 Å². The van der Waals surface area contributed by atoms with Crippen LogP contribution in [-0.2, 0) is 10.3 Å². The summed E-state index contributed by atoms with van der Waals surface area (Å²) < 4.78 is 0.955. The molecule has 0 aliphatic carbocycles. The lowest BCUT2D eigenvalue weighted by molar-refractivity contribution is -0.142. The highest BCUT2D eigenvalue weighted by Crippen LogP contribution is 2.29. The maximum absolute atomic E-state index is 11.8. The van der Waals surface area contributed by atoms with Crippen LogP contribution in [0.1, 0.15) is 18.1 Å². The molecule has 104 valence electrons. The highest BCUT2D eigenvalue weighted by atomic mass is 79.9. The Morgan fingerprint density at radius 2 is 1.75 bits per heavy atom. The van der Waals surface area contributed by atoms with E-state index in [0.717, 1.165) is 21.3 Å². The maximum atomic E-state index is 11.8. The van der Waals surface area contributed by atoms with Crippen molar-refractivity contribution in [2.24, 2.45) is 0 Å². The van der Waals surface area contributed by atoms with Crippen molar-refractivity contribution in [3.63, 3.8) is 0 Å². The number of aryl methyl sites for hydroxylation is 1. The van der Waals surface area contributed by atoms with Gasteiger partial charge in [0.2, 0.25) is 0 Å². The second kappa shape index (κ2) is 5.67. The van der Waals surface area contributed by atoms with Gasteiger partial charge in [-0.15, -0.1) is 0 Å². The van der Waals surface area contributed by atoms with Crippen molar-refractivity contribution in [3.8, 4) is 0 Å². The summed E-state index contributed by atoms with van der Waals surface area (Å²) in [6.45, 7) is 3.60. The predicted molar refractivity (Wildman–Crippen MR) is 83.9 cm³/mol. The Bertz CT molecular complexity index is 625. The number of nitrogens with one attached hydrogen (secondary N) is 1. The second-order valence-electron chi connectivity index (χ2n) is 4.88. The topological polar surface area (TPSA) is 49.3 Å².